The van der Waals surface area contributed by atoms with E-state index in [-0.39, 0.29) is 5.75 Å². The molecule has 0 radical (unpaired) electrons. The molecule has 5 nitrogen and oxygen atoms in total. The Morgan fingerprint density at radius 3 is 2.71 bits per heavy atom. The second kappa shape index (κ2) is 7.25. The van der Waals surface area contributed by atoms with Gasteiger partial charge in [-0.05, 0) is 48.1 Å². The van der Waals surface area contributed by atoms with Crippen molar-refractivity contribution < 1.29 is 9.84 Å². The molecule has 3 N–H and O–H groups in total. The van der Waals surface area contributed by atoms with Gasteiger partial charge < -0.3 is 15.2 Å². The van der Waals surface area contributed by atoms with Crippen molar-refractivity contribution in [3.8, 4) is 11.5 Å². The average molecular weight is 301 g/mol. The third-order valence-electron chi connectivity index (χ3n) is 2.62. The van der Waals surface area contributed by atoms with E-state index in [4.69, 9.17) is 17.0 Å². The molecule has 2 rings (SSSR count). The van der Waals surface area contributed by atoms with Crippen LogP contribution in [0, 0.1) is 0 Å². The number of thiocarbonyl (C=S) groups is 1. The van der Waals surface area contributed by atoms with Gasteiger partial charge in [-0.1, -0.05) is 18.2 Å². The quantitative estimate of drug-likeness (QED) is 0.460. The fourth-order valence-electron chi connectivity index (χ4n) is 1.62. The number of hydrogen-bond donors (Lipinski definition) is 3. The van der Waals surface area contributed by atoms with Gasteiger partial charge in [0.15, 0.2) is 16.6 Å². The molecule has 0 fully saturated rings. The lowest BCUT2D eigenvalue weighted by Crippen LogP contribution is -2.23. The molecule has 21 heavy (non-hydrogen) atoms. The van der Waals surface area contributed by atoms with Crippen LogP contribution in [0.1, 0.15) is 5.56 Å². The molecule has 2 aromatic carbocycles. The number of hydrogen-bond acceptors (Lipinski definition) is 4. The number of anilines is 1. The SMILES string of the molecule is COc1cc(C=NNC(=S)Nc2ccccc2)ccc1O. The van der Waals surface area contributed by atoms with E-state index in [1.165, 1.54) is 7.11 Å². The Morgan fingerprint density at radius 2 is 2.00 bits per heavy atom. The summed E-state index contributed by atoms with van der Waals surface area (Å²) in [6.45, 7) is 0. The van der Waals surface area contributed by atoms with Crippen LogP contribution in [0.3, 0.4) is 0 Å². The van der Waals surface area contributed by atoms with Crippen molar-refractivity contribution in [2.45, 2.75) is 0 Å². The third-order valence-corrected chi connectivity index (χ3v) is 2.81. The van der Waals surface area contributed by atoms with Crippen LogP contribution >= 0.6 is 12.2 Å². The molecule has 0 unspecified atom stereocenters. The highest BCUT2D eigenvalue weighted by molar-refractivity contribution is 7.80. The molecular weight excluding hydrogens is 286 g/mol. The lowest BCUT2D eigenvalue weighted by atomic mass is 10.2. The molecule has 0 aromatic heterocycles. The van der Waals surface area contributed by atoms with Crippen molar-refractivity contribution in [3.05, 3.63) is 54.1 Å². The second-order valence-electron chi connectivity index (χ2n) is 4.12. The summed E-state index contributed by atoms with van der Waals surface area (Å²) in [5, 5.41) is 16.9. The van der Waals surface area contributed by atoms with Gasteiger partial charge in [0.05, 0.1) is 13.3 Å². The average Bonchev–Trinajstić information content (AvgIpc) is 2.50. The molecule has 0 saturated heterocycles. The van der Waals surface area contributed by atoms with Crippen LogP contribution in [0.15, 0.2) is 53.6 Å². The summed E-state index contributed by atoms with van der Waals surface area (Å²) in [6, 6.07) is 14.5. The molecule has 6 heteroatoms. The summed E-state index contributed by atoms with van der Waals surface area (Å²) < 4.78 is 5.02. The van der Waals surface area contributed by atoms with Crippen LogP contribution in [0.5, 0.6) is 11.5 Å². The zero-order valence-corrected chi connectivity index (χ0v) is 12.2. The minimum Gasteiger partial charge on any atom is -0.504 e. The van der Waals surface area contributed by atoms with Gasteiger partial charge in [-0.3, -0.25) is 5.43 Å². The predicted molar refractivity (Wildman–Crippen MR) is 88.1 cm³/mol. The van der Waals surface area contributed by atoms with E-state index in [1.54, 1.807) is 24.4 Å². The Balaban J connectivity index is 1.91. The number of para-hydroxylation sites is 1. The highest BCUT2D eigenvalue weighted by Gasteiger charge is 2.00. The Kier molecular flexibility index (Phi) is 5.11. The van der Waals surface area contributed by atoms with Gasteiger partial charge in [0, 0.05) is 5.69 Å². The minimum atomic E-state index is 0.0869. The first kappa shape index (κ1) is 14.8. The lowest BCUT2D eigenvalue weighted by molar-refractivity contribution is 0.373. The highest BCUT2D eigenvalue weighted by Crippen LogP contribution is 2.25. The number of benzene rings is 2. The smallest absolute Gasteiger partial charge is 0.191 e. The van der Waals surface area contributed by atoms with Crippen LogP contribution in [0.25, 0.3) is 0 Å². The molecule has 0 bridgehead atoms. The molecule has 2 aromatic rings. The molecular formula is C15H15N3O2S. The van der Waals surface area contributed by atoms with Gasteiger partial charge >= 0.3 is 0 Å². The fourth-order valence-corrected chi connectivity index (χ4v) is 1.79. The molecule has 0 atom stereocenters. The highest BCUT2D eigenvalue weighted by atomic mass is 32.1. The van der Waals surface area contributed by atoms with E-state index in [2.05, 4.69) is 15.8 Å². The van der Waals surface area contributed by atoms with Crippen molar-refractivity contribution >= 4 is 29.2 Å². The van der Waals surface area contributed by atoms with E-state index < -0.39 is 0 Å². The van der Waals surface area contributed by atoms with Crippen molar-refractivity contribution in [1.29, 1.82) is 0 Å². The first-order chi connectivity index (χ1) is 10.2. The van der Waals surface area contributed by atoms with Crippen molar-refractivity contribution in [2.24, 2.45) is 5.10 Å². The number of phenolic OH excluding ortho intramolecular Hbond substituents is 1. The van der Waals surface area contributed by atoms with E-state index in [0.717, 1.165) is 11.3 Å². The normalized spacial score (nSPS) is 10.3. The molecule has 0 aliphatic heterocycles. The van der Waals surface area contributed by atoms with E-state index >= 15 is 0 Å². The third kappa shape index (κ3) is 4.47. The molecule has 0 amide bonds. The Labute approximate surface area is 128 Å². The predicted octanol–water partition coefficient (Wildman–Crippen LogP) is 2.72. The zero-order chi connectivity index (χ0) is 15.1. The Bertz CT molecular complexity index is 645. The van der Waals surface area contributed by atoms with Gasteiger partial charge in [-0.25, -0.2) is 0 Å². The molecule has 0 spiro atoms. The van der Waals surface area contributed by atoms with Crippen LogP contribution in [-0.2, 0) is 0 Å². The van der Waals surface area contributed by atoms with Crippen molar-refractivity contribution in [1.82, 2.24) is 5.43 Å². The summed E-state index contributed by atoms with van der Waals surface area (Å²) in [6.07, 6.45) is 1.58. The maximum absolute atomic E-state index is 9.50. The van der Waals surface area contributed by atoms with Crippen LogP contribution in [0.2, 0.25) is 0 Å². The topological polar surface area (TPSA) is 65.9 Å². The van der Waals surface area contributed by atoms with Crippen LogP contribution in [-0.4, -0.2) is 23.5 Å². The number of rotatable bonds is 4. The second-order valence-corrected chi connectivity index (χ2v) is 4.53. The summed E-state index contributed by atoms with van der Waals surface area (Å²) in [5.74, 6) is 0.479. The maximum atomic E-state index is 9.50. The largest absolute Gasteiger partial charge is 0.504 e. The van der Waals surface area contributed by atoms with Crippen molar-refractivity contribution in [2.75, 3.05) is 12.4 Å². The number of aromatic hydroxyl groups is 1. The summed E-state index contributed by atoms with van der Waals surface area (Å²) in [4.78, 5) is 0. The number of ether oxygens (including phenoxy) is 1. The number of nitrogens with one attached hydrogen (secondary N) is 2. The zero-order valence-electron chi connectivity index (χ0n) is 11.4. The molecule has 0 aliphatic rings. The van der Waals surface area contributed by atoms with E-state index in [1.807, 2.05) is 30.3 Å². The number of hydrazone groups is 1. The number of phenols is 1. The molecule has 108 valence electrons. The Hall–Kier alpha value is -2.60. The Morgan fingerprint density at radius 1 is 1.24 bits per heavy atom. The lowest BCUT2D eigenvalue weighted by Gasteiger charge is -2.06. The fraction of sp³-hybridized carbons (Fsp3) is 0.0667. The van der Waals surface area contributed by atoms with E-state index in [0.29, 0.717) is 10.9 Å². The van der Waals surface area contributed by atoms with Gasteiger partial charge in [-0.2, -0.15) is 5.10 Å². The standard InChI is InChI=1S/C15H15N3O2S/c1-20-14-9-11(7-8-13(14)19)10-16-18-15(21)17-12-5-3-2-4-6-12/h2-10,19H,1H3,(H2,17,18,21). The number of methoxy groups -OCH3 is 1. The summed E-state index contributed by atoms with van der Waals surface area (Å²) in [7, 11) is 1.49. The summed E-state index contributed by atoms with van der Waals surface area (Å²) >= 11 is 5.12. The number of nitrogens with zero attached hydrogens (tertiary/aromatic N) is 1. The molecule has 0 saturated carbocycles. The van der Waals surface area contributed by atoms with Gasteiger partial charge in [0.2, 0.25) is 0 Å². The van der Waals surface area contributed by atoms with Gasteiger partial charge in [0.1, 0.15) is 0 Å². The van der Waals surface area contributed by atoms with Crippen molar-refractivity contribution in [3.63, 3.8) is 0 Å². The monoisotopic (exact) mass is 301 g/mol. The van der Waals surface area contributed by atoms with Gasteiger partial charge in [-0.15, -0.1) is 0 Å². The molecule has 0 heterocycles. The minimum absolute atomic E-state index is 0.0869. The van der Waals surface area contributed by atoms with Crippen LogP contribution < -0.4 is 15.5 Å². The first-order valence-electron chi connectivity index (χ1n) is 6.21. The van der Waals surface area contributed by atoms with Gasteiger partial charge in [0.25, 0.3) is 0 Å². The summed E-state index contributed by atoms with van der Waals surface area (Å²) in [5.41, 5.74) is 4.38. The first-order valence-corrected chi connectivity index (χ1v) is 6.62. The van der Waals surface area contributed by atoms with E-state index in [9.17, 15) is 5.11 Å². The molecule has 0 aliphatic carbocycles. The van der Waals surface area contributed by atoms with Crippen LogP contribution in [0.4, 0.5) is 5.69 Å². The maximum Gasteiger partial charge on any atom is 0.191 e.